The Balaban J connectivity index is 1.75. The van der Waals surface area contributed by atoms with Gasteiger partial charge in [0.25, 0.3) is 0 Å². The number of aromatic nitrogens is 3. The molecule has 1 aromatic carbocycles. The Morgan fingerprint density at radius 3 is 2.29 bits per heavy atom. The number of rotatable bonds is 15. The predicted molar refractivity (Wildman–Crippen MR) is 155 cm³/mol. The van der Waals surface area contributed by atoms with Crippen molar-refractivity contribution in [3.63, 3.8) is 0 Å². The standard InChI is InChI=1S/C29H41N7O5/c1-5-17(4)25(28(39)35-24(29(40)41)10-16(2)3)36-27(38)23(12-19-14-31-15-33-19)34-26(37)21(30)11-18-13-32-22-9-7-6-8-20(18)22/h6-9,13-17,21,23-25,32H,5,10-12,30H2,1-4H3,(H,31,33)(H,34,37)(H,35,39)(H,36,38)(H,40,41). The molecule has 0 spiro atoms. The molecule has 3 aromatic rings. The molecule has 5 unspecified atom stereocenters. The fourth-order valence-corrected chi connectivity index (χ4v) is 4.64. The number of carboxylic acid groups (broad SMARTS) is 1. The van der Waals surface area contributed by atoms with E-state index >= 15 is 0 Å². The smallest absolute Gasteiger partial charge is 0.326 e. The number of imidazole rings is 1. The molecule has 0 radical (unpaired) electrons. The molecular formula is C29H41N7O5. The number of aromatic amines is 2. The molecule has 0 fully saturated rings. The van der Waals surface area contributed by atoms with E-state index in [0.29, 0.717) is 12.1 Å². The van der Waals surface area contributed by atoms with Gasteiger partial charge in [0.1, 0.15) is 18.1 Å². The summed E-state index contributed by atoms with van der Waals surface area (Å²) in [6, 6.07) is 3.58. The van der Waals surface area contributed by atoms with Gasteiger partial charge in [0.15, 0.2) is 0 Å². The van der Waals surface area contributed by atoms with Crippen molar-refractivity contribution < 1.29 is 24.3 Å². The molecule has 5 atom stereocenters. The van der Waals surface area contributed by atoms with Gasteiger partial charge in [0, 0.05) is 35.4 Å². The summed E-state index contributed by atoms with van der Waals surface area (Å²) < 4.78 is 0. The fourth-order valence-electron chi connectivity index (χ4n) is 4.64. The number of nitrogens with one attached hydrogen (secondary N) is 5. The number of benzene rings is 1. The summed E-state index contributed by atoms with van der Waals surface area (Å²) in [7, 11) is 0. The van der Waals surface area contributed by atoms with Gasteiger partial charge in [-0.1, -0.05) is 52.3 Å². The molecule has 0 bridgehead atoms. The summed E-state index contributed by atoms with van der Waals surface area (Å²) >= 11 is 0. The first-order chi connectivity index (χ1) is 19.5. The molecule has 3 amide bonds. The van der Waals surface area contributed by atoms with Gasteiger partial charge >= 0.3 is 5.97 Å². The lowest BCUT2D eigenvalue weighted by Crippen LogP contribution is -2.59. The number of carbonyl (C=O) groups is 4. The molecule has 0 aliphatic carbocycles. The number of nitrogens with zero attached hydrogens (tertiary/aromatic N) is 1. The summed E-state index contributed by atoms with van der Waals surface area (Å²) in [4.78, 5) is 61.8. The second kappa shape index (κ2) is 14.4. The highest BCUT2D eigenvalue weighted by Crippen LogP contribution is 2.19. The van der Waals surface area contributed by atoms with Crippen LogP contribution in [0.2, 0.25) is 0 Å². The minimum absolute atomic E-state index is 0.0375. The van der Waals surface area contributed by atoms with Crippen LogP contribution in [-0.2, 0) is 32.0 Å². The Kier molecular flexibility index (Phi) is 11.0. The van der Waals surface area contributed by atoms with Crippen molar-refractivity contribution >= 4 is 34.6 Å². The first kappa shape index (κ1) is 31.3. The average Bonchev–Trinajstić information content (AvgIpc) is 3.60. The van der Waals surface area contributed by atoms with Crippen molar-refractivity contribution in [3.8, 4) is 0 Å². The van der Waals surface area contributed by atoms with Crippen LogP contribution in [0.1, 0.15) is 51.8 Å². The third kappa shape index (κ3) is 8.65. The molecule has 222 valence electrons. The number of nitrogens with two attached hydrogens (primary N) is 1. The second-order valence-corrected chi connectivity index (χ2v) is 10.9. The van der Waals surface area contributed by atoms with Crippen LogP contribution in [0.4, 0.5) is 0 Å². The quantitative estimate of drug-likeness (QED) is 0.145. The second-order valence-electron chi connectivity index (χ2n) is 10.9. The molecule has 12 nitrogen and oxygen atoms in total. The molecule has 41 heavy (non-hydrogen) atoms. The van der Waals surface area contributed by atoms with E-state index in [0.717, 1.165) is 16.5 Å². The molecule has 12 heteroatoms. The van der Waals surface area contributed by atoms with Crippen molar-refractivity contribution in [2.45, 2.75) is 77.5 Å². The van der Waals surface area contributed by atoms with Gasteiger partial charge in [-0.2, -0.15) is 0 Å². The molecule has 0 aliphatic heterocycles. The third-order valence-corrected chi connectivity index (χ3v) is 7.18. The summed E-state index contributed by atoms with van der Waals surface area (Å²) in [6.07, 6.45) is 5.94. The summed E-state index contributed by atoms with van der Waals surface area (Å²) in [5, 5.41) is 18.6. The lowest BCUT2D eigenvalue weighted by molar-refractivity contribution is -0.143. The monoisotopic (exact) mass is 567 g/mol. The number of hydrogen-bond acceptors (Lipinski definition) is 6. The molecule has 2 aromatic heterocycles. The van der Waals surface area contributed by atoms with Crippen molar-refractivity contribution in [3.05, 3.63) is 54.2 Å². The molecule has 0 aliphatic rings. The highest BCUT2D eigenvalue weighted by atomic mass is 16.4. The van der Waals surface area contributed by atoms with E-state index in [1.165, 1.54) is 6.33 Å². The van der Waals surface area contributed by atoms with Crippen molar-refractivity contribution in [1.82, 2.24) is 30.9 Å². The van der Waals surface area contributed by atoms with E-state index in [2.05, 4.69) is 30.9 Å². The number of para-hydroxylation sites is 1. The van der Waals surface area contributed by atoms with Crippen LogP contribution in [0.25, 0.3) is 10.9 Å². The molecule has 0 saturated carbocycles. The van der Waals surface area contributed by atoms with Crippen LogP contribution in [0, 0.1) is 11.8 Å². The Labute approximate surface area is 239 Å². The number of H-pyrrole nitrogens is 2. The predicted octanol–water partition coefficient (Wildman–Crippen LogP) is 1.63. The van der Waals surface area contributed by atoms with Crippen molar-refractivity contribution in [1.29, 1.82) is 0 Å². The van der Waals surface area contributed by atoms with Gasteiger partial charge in [-0.3, -0.25) is 14.4 Å². The minimum atomic E-state index is -1.14. The number of aliphatic carboxylic acids is 1. The summed E-state index contributed by atoms with van der Waals surface area (Å²) in [5.74, 6) is -3.13. The minimum Gasteiger partial charge on any atom is -0.480 e. The van der Waals surface area contributed by atoms with Crippen LogP contribution in [0.15, 0.2) is 43.0 Å². The topological polar surface area (TPSA) is 195 Å². The number of carboxylic acids is 1. The average molecular weight is 568 g/mol. The van der Waals surface area contributed by atoms with Gasteiger partial charge in [-0.05, 0) is 36.3 Å². The largest absolute Gasteiger partial charge is 0.480 e. The molecule has 8 N–H and O–H groups in total. The first-order valence-electron chi connectivity index (χ1n) is 13.9. The van der Waals surface area contributed by atoms with Crippen LogP contribution in [0.5, 0.6) is 0 Å². The van der Waals surface area contributed by atoms with Gasteiger partial charge in [-0.25, -0.2) is 9.78 Å². The van der Waals surface area contributed by atoms with Gasteiger partial charge in [0.05, 0.1) is 12.4 Å². The van der Waals surface area contributed by atoms with Crippen LogP contribution < -0.4 is 21.7 Å². The SMILES string of the molecule is CCC(C)C(NC(=O)C(Cc1cnc[nH]1)NC(=O)C(N)Cc1c[nH]c2ccccc12)C(=O)NC(CC(C)C)C(=O)O. The highest BCUT2D eigenvalue weighted by Gasteiger charge is 2.33. The number of carbonyl (C=O) groups excluding carboxylic acids is 3. The van der Waals surface area contributed by atoms with Gasteiger partial charge < -0.3 is 36.8 Å². The van der Waals surface area contributed by atoms with E-state index < -0.39 is 47.9 Å². The molecular weight excluding hydrogens is 526 g/mol. The molecule has 0 saturated heterocycles. The zero-order valence-electron chi connectivity index (χ0n) is 23.9. The number of amides is 3. The number of hydrogen-bond donors (Lipinski definition) is 7. The molecule has 3 rings (SSSR count). The molecule has 2 heterocycles. The van der Waals surface area contributed by atoms with Crippen molar-refractivity contribution in [2.75, 3.05) is 0 Å². The lowest BCUT2D eigenvalue weighted by atomic mass is 9.96. The van der Waals surface area contributed by atoms with E-state index in [1.54, 1.807) is 13.1 Å². The van der Waals surface area contributed by atoms with E-state index in [4.69, 9.17) is 5.73 Å². The highest BCUT2D eigenvalue weighted by molar-refractivity contribution is 5.94. The third-order valence-electron chi connectivity index (χ3n) is 7.18. The van der Waals surface area contributed by atoms with E-state index in [1.807, 2.05) is 51.2 Å². The van der Waals surface area contributed by atoms with Gasteiger partial charge in [-0.15, -0.1) is 0 Å². The Hall–Kier alpha value is -4.19. The maximum atomic E-state index is 13.5. The van der Waals surface area contributed by atoms with Gasteiger partial charge in [0.2, 0.25) is 17.7 Å². The normalized spacial score (nSPS) is 15.1. The zero-order chi connectivity index (χ0) is 30.1. The Morgan fingerprint density at radius 2 is 1.66 bits per heavy atom. The Morgan fingerprint density at radius 1 is 0.951 bits per heavy atom. The lowest BCUT2D eigenvalue weighted by Gasteiger charge is -2.28. The van der Waals surface area contributed by atoms with E-state index in [-0.39, 0.29) is 31.1 Å². The maximum absolute atomic E-state index is 13.5. The zero-order valence-corrected chi connectivity index (χ0v) is 23.9. The van der Waals surface area contributed by atoms with Crippen LogP contribution >= 0.6 is 0 Å². The summed E-state index contributed by atoms with van der Waals surface area (Å²) in [6.45, 7) is 7.39. The number of fused-ring (bicyclic) bond motifs is 1. The van der Waals surface area contributed by atoms with E-state index in [9.17, 15) is 24.3 Å². The summed E-state index contributed by atoms with van der Waals surface area (Å²) in [5.41, 5.74) is 8.67. The van der Waals surface area contributed by atoms with Crippen LogP contribution in [0.3, 0.4) is 0 Å². The van der Waals surface area contributed by atoms with Crippen LogP contribution in [-0.4, -0.2) is 67.9 Å². The fraction of sp³-hybridized carbons (Fsp3) is 0.483. The first-order valence-corrected chi connectivity index (χ1v) is 13.9. The Bertz CT molecular complexity index is 1320. The van der Waals surface area contributed by atoms with Crippen molar-refractivity contribution in [2.24, 2.45) is 17.6 Å². The maximum Gasteiger partial charge on any atom is 0.326 e.